The van der Waals surface area contributed by atoms with Gasteiger partial charge in [0, 0.05) is 5.41 Å². The lowest BCUT2D eigenvalue weighted by atomic mass is 9.54. The first kappa shape index (κ1) is 25.6. The van der Waals surface area contributed by atoms with Crippen LogP contribution in [-0.4, -0.2) is 24.1 Å². The zero-order valence-electron chi connectivity index (χ0n) is 21.8. The number of rotatable bonds is 9. The van der Waals surface area contributed by atoms with Gasteiger partial charge >= 0.3 is 11.9 Å². The van der Waals surface area contributed by atoms with Gasteiger partial charge in [0.2, 0.25) is 0 Å². The highest BCUT2D eigenvalue weighted by Crippen LogP contribution is 2.64. The molecule has 4 heteroatoms. The Kier molecular flexibility index (Phi) is 7.72. The lowest BCUT2D eigenvalue weighted by molar-refractivity contribution is -0.197. The van der Waals surface area contributed by atoms with Crippen molar-refractivity contribution < 1.29 is 19.1 Å². The van der Waals surface area contributed by atoms with Gasteiger partial charge in [-0.1, -0.05) is 54.9 Å². The third kappa shape index (κ3) is 5.20. The van der Waals surface area contributed by atoms with Gasteiger partial charge in [-0.3, -0.25) is 4.79 Å². The van der Waals surface area contributed by atoms with Crippen molar-refractivity contribution in [3.05, 3.63) is 0 Å². The van der Waals surface area contributed by atoms with E-state index in [-0.39, 0.29) is 35.3 Å². The Morgan fingerprint density at radius 2 is 1.56 bits per heavy atom. The molecule has 0 aliphatic heterocycles. The Bertz CT molecular complexity index is 657. The number of carbonyl (C=O) groups excluding carboxylic acids is 2. The van der Waals surface area contributed by atoms with E-state index in [1.54, 1.807) is 0 Å². The fraction of sp³-hybridized carbons (Fsp3) is 0.929. The molecular weight excluding hydrogens is 400 g/mol. The van der Waals surface area contributed by atoms with Gasteiger partial charge in [0.25, 0.3) is 0 Å². The molecule has 4 nitrogen and oxygen atoms in total. The van der Waals surface area contributed by atoms with Crippen molar-refractivity contribution >= 4 is 11.9 Å². The summed E-state index contributed by atoms with van der Waals surface area (Å²) < 4.78 is 11.8. The monoisotopic (exact) mass is 448 g/mol. The van der Waals surface area contributed by atoms with E-state index in [4.69, 9.17) is 9.47 Å². The van der Waals surface area contributed by atoms with Crippen molar-refractivity contribution in [2.75, 3.05) is 6.61 Å². The maximum atomic E-state index is 13.0. The molecule has 4 bridgehead atoms. The molecule has 4 aliphatic rings. The van der Waals surface area contributed by atoms with Gasteiger partial charge < -0.3 is 9.47 Å². The van der Waals surface area contributed by atoms with Gasteiger partial charge in [-0.05, 0) is 86.9 Å². The Morgan fingerprint density at radius 1 is 0.969 bits per heavy atom. The Balaban J connectivity index is 1.72. The highest BCUT2D eigenvalue weighted by Gasteiger charge is 2.60. The largest absolute Gasteiger partial charge is 0.456 e. The van der Waals surface area contributed by atoms with Crippen LogP contribution in [0.5, 0.6) is 0 Å². The van der Waals surface area contributed by atoms with E-state index in [1.165, 1.54) is 44.9 Å². The molecule has 0 N–H and O–H groups in total. The van der Waals surface area contributed by atoms with Crippen LogP contribution in [0.3, 0.4) is 0 Å². The van der Waals surface area contributed by atoms with Crippen LogP contribution in [0, 0.1) is 40.4 Å². The third-order valence-corrected chi connectivity index (χ3v) is 9.21. The van der Waals surface area contributed by atoms with Crippen molar-refractivity contribution in [3.8, 4) is 0 Å². The lowest BCUT2D eigenvalue weighted by Gasteiger charge is -2.55. The van der Waals surface area contributed by atoms with Gasteiger partial charge in [0.15, 0.2) is 6.61 Å². The van der Waals surface area contributed by atoms with Crippen LogP contribution in [-0.2, 0) is 19.1 Å². The van der Waals surface area contributed by atoms with Crippen LogP contribution >= 0.6 is 0 Å². The van der Waals surface area contributed by atoms with Gasteiger partial charge in [0.05, 0.1) is 5.92 Å². The first-order valence-corrected chi connectivity index (χ1v) is 13.3. The van der Waals surface area contributed by atoms with Crippen LogP contribution in [0.15, 0.2) is 0 Å². The summed E-state index contributed by atoms with van der Waals surface area (Å²) in [6.45, 7) is 14.7. The van der Waals surface area contributed by atoms with Gasteiger partial charge in [-0.15, -0.1) is 0 Å². The summed E-state index contributed by atoms with van der Waals surface area (Å²) in [5, 5.41) is 0. The predicted octanol–water partition coefficient (Wildman–Crippen LogP) is 6.95. The molecule has 4 unspecified atom stereocenters. The van der Waals surface area contributed by atoms with Crippen molar-refractivity contribution in [1.29, 1.82) is 0 Å². The Labute approximate surface area is 196 Å². The summed E-state index contributed by atoms with van der Waals surface area (Å²) in [6, 6.07) is 0. The highest BCUT2D eigenvalue weighted by molar-refractivity contribution is 5.77. The normalized spacial score (nSPS) is 33.0. The van der Waals surface area contributed by atoms with E-state index in [1.807, 2.05) is 6.92 Å². The minimum Gasteiger partial charge on any atom is -0.456 e. The first-order valence-electron chi connectivity index (χ1n) is 13.3. The molecule has 4 rings (SSSR count). The number of fused-ring (bicyclic) bond motifs is 1. The maximum Gasteiger partial charge on any atom is 0.344 e. The Morgan fingerprint density at radius 3 is 2.06 bits per heavy atom. The van der Waals surface area contributed by atoms with Gasteiger partial charge in [0.1, 0.15) is 5.60 Å². The van der Waals surface area contributed by atoms with Crippen LogP contribution in [0.1, 0.15) is 113 Å². The van der Waals surface area contributed by atoms with Crippen LogP contribution < -0.4 is 0 Å². The van der Waals surface area contributed by atoms with Crippen LogP contribution in [0.2, 0.25) is 0 Å². The summed E-state index contributed by atoms with van der Waals surface area (Å²) in [6.07, 6.45) is 11.4. The molecule has 32 heavy (non-hydrogen) atoms. The fourth-order valence-corrected chi connectivity index (χ4v) is 8.17. The van der Waals surface area contributed by atoms with Crippen LogP contribution in [0.25, 0.3) is 0 Å². The molecule has 0 aromatic rings. The molecule has 0 aromatic carbocycles. The third-order valence-electron chi connectivity index (χ3n) is 9.21. The second kappa shape index (κ2) is 9.66. The number of carbonyl (C=O) groups is 2. The van der Waals surface area contributed by atoms with Crippen molar-refractivity contribution in [3.63, 3.8) is 0 Å². The molecule has 0 aromatic heterocycles. The zero-order valence-corrected chi connectivity index (χ0v) is 21.8. The minimum atomic E-state index is -0.447. The van der Waals surface area contributed by atoms with E-state index >= 15 is 0 Å². The number of ether oxygens (including phenoxy) is 2. The molecule has 4 saturated carbocycles. The summed E-state index contributed by atoms with van der Waals surface area (Å²) in [7, 11) is 0. The van der Waals surface area contributed by atoms with E-state index in [9.17, 15) is 9.59 Å². The molecular formula is C28H48O4. The van der Waals surface area contributed by atoms with Gasteiger partial charge in [-0.25, -0.2) is 4.79 Å². The molecule has 0 radical (unpaired) electrons. The van der Waals surface area contributed by atoms with E-state index < -0.39 is 5.60 Å². The average molecular weight is 449 g/mol. The maximum absolute atomic E-state index is 13.0. The summed E-state index contributed by atoms with van der Waals surface area (Å²) >= 11 is 0. The molecule has 0 spiro atoms. The minimum absolute atomic E-state index is 0.0468. The topological polar surface area (TPSA) is 52.6 Å². The molecule has 4 aliphatic carbocycles. The average Bonchev–Trinajstić information content (AvgIpc) is 2.89. The lowest BCUT2D eigenvalue weighted by Crippen LogP contribution is -2.54. The second-order valence-electron chi connectivity index (χ2n) is 12.7. The van der Waals surface area contributed by atoms with E-state index in [0.717, 1.165) is 42.9 Å². The Hall–Kier alpha value is -1.06. The number of esters is 2. The summed E-state index contributed by atoms with van der Waals surface area (Å²) in [4.78, 5) is 25.5. The van der Waals surface area contributed by atoms with Crippen molar-refractivity contribution in [2.45, 2.75) is 118 Å². The number of hydrogen-bond donors (Lipinski definition) is 0. The van der Waals surface area contributed by atoms with E-state index in [2.05, 4.69) is 41.5 Å². The quantitative estimate of drug-likeness (QED) is 0.358. The zero-order chi connectivity index (χ0) is 23.7. The van der Waals surface area contributed by atoms with Crippen molar-refractivity contribution in [2.24, 2.45) is 40.4 Å². The predicted molar refractivity (Wildman–Crippen MR) is 128 cm³/mol. The van der Waals surface area contributed by atoms with Crippen molar-refractivity contribution in [1.82, 2.24) is 0 Å². The summed E-state index contributed by atoms with van der Waals surface area (Å²) in [5.74, 6) is 2.30. The SMILES string of the molecule is CCC1CC2(C(CC)(CC)OC(=O)COC(=O)C(C)CC(C)(C)C)CC3CC(CC1C3)C2. The fourth-order valence-electron chi connectivity index (χ4n) is 8.17. The molecule has 4 atom stereocenters. The molecule has 0 amide bonds. The highest BCUT2D eigenvalue weighted by atomic mass is 16.6. The molecule has 0 heterocycles. The molecule has 0 saturated heterocycles. The molecule has 184 valence electrons. The first-order chi connectivity index (χ1) is 15.0. The second-order valence-corrected chi connectivity index (χ2v) is 12.7. The van der Waals surface area contributed by atoms with Gasteiger partial charge in [-0.2, -0.15) is 0 Å². The smallest absolute Gasteiger partial charge is 0.344 e. The molecule has 4 fully saturated rings. The van der Waals surface area contributed by atoms with Crippen LogP contribution in [0.4, 0.5) is 0 Å². The van der Waals surface area contributed by atoms with E-state index in [0.29, 0.717) is 0 Å². The summed E-state index contributed by atoms with van der Waals surface area (Å²) in [5.41, 5.74) is -0.322. The standard InChI is InChI=1S/C28H48O4/c1-8-22-17-27(15-20-11-21(16-27)13-23(22)12-20)28(9-2,10-3)32-24(29)18-31-25(30)19(4)14-26(5,6)7/h19-23H,8-18H2,1-7H3. The number of hydrogen-bond acceptors (Lipinski definition) is 4.